The third-order valence-corrected chi connectivity index (χ3v) is 4.79. The molecule has 0 unspecified atom stereocenters. The van der Waals surface area contributed by atoms with Gasteiger partial charge in [0.15, 0.2) is 0 Å². The standard InChI is InChI=1S/C21H21ClN2O2/c1-4-24-12-18(20(25)17-11-13(2)5-10-19(17)24)21(26)23-14(3)15-6-8-16(22)9-7-15/h5-12,14H,4H2,1-3H3,(H,23,26)/t14-/m1/s1. The zero-order chi connectivity index (χ0) is 18.8. The van der Waals surface area contributed by atoms with Gasteiger partial charge in [-0.05, 0) is 50.6 Å². The van der Waals surface area contributed by atoms with Gasteiger partial charge in [0.05, 0.1) is 11.6 Å². The van der Waals surface area contributed by atoms with Crippen molar-refractivity contribution in [2.24, 2.45) is 0 Å². The van der Waals surface area contributed by atoms with Crippen LogP contribution in [0.2, 0.25) is 5.02 Å². The van der Waals surface area contributed by atoms with E-state index in [9.17, 15) is 9.59 Å². The van der Waals surface area contributed by atoms with Gasteiger partial charge >= 0.3 is 0 Å². The van der Waals surface area contributed by atoms with Crippen molar-refractivity contribution in [3.05, 3.63) is 80.6 Å². The summed E-state index contributed by atoms with van der Waals surface area (Å²) in [5.41, 5.74) is 2.67. The zero-order valence-electron chi connectivity index (χ0n) is 15.0. The van der Waals surface area contributed by atoms with Crippen LogP contribution in [0.4, 0.5) is 0 Å². The largest absolute Gasteiger partial charge is 0.347 e. The normalized spacial score (nSPS) is 12.2. The molecular formula is C21H21ClN2O2. The Labute approximate surface area is 157 Å². The summed E-state index contributed by atoms with van der Waals surface area (Å²) in [6, 6.07) is 12.8. The number of pyridine rings is 1. The van der Waals surface area contributed by atoms with E-state index in [2.05, 4.69) is 5.32 Å². The molecule has 2 aromatic carbocycles. The van der Waals surface area contributed by atoms with Crippen molar-refractivity contribution in [1.29, 1.82) is 0 Å². The Hall–Kier alpha value is -2.59. The average Bonchev–Trinajstić information content (AvgIpc) is 2.62. The molecule has 0 radical (unpaired) electrons. The van der Waals surface area contributed by atoms with Crippen molar-refractivity contribution in [3.63, 3.8) is 0 Å². The summed E-state index contributed by atoms with van der Waals surface area (Å²) in [5.74, 6) is -0.372. The van der Waals surface area contributed by atoms with Crippen LogP contribution in [0.1, 0.15) is 41.4 Å². The summed E-state index contributed by atoms with van der Waals surface area (Å²) in [7, 11) is 0. The number of halogens is 1. The number of fused-ring (bicyclic) bond motifs is 1. The molecule has 1 aromatic heterocycles. The quantitative estimate of drug-likeness (QED) is 0.738. The summed E-state index contributed by atoms with van der Waals surface area (Å²) in [6.07, 6.45) is 1.64. The van der Waals surface area contributed by atoms with Gasteiger partial charge in [-0.2, -0.15) is 0 Å². The van der Waals surface area contributed by atoms with Crippen LogP contribution in [0.3, 0.4) is 0 Å². The van der Waals surface area contributed by atoms with Crippen LogP contribution in [-0.4, -0.2) is 10.5 Å². The molecule has 1 amide bonds. The van der Waals surface area contributed by atoms with Crippen LogP contribution in [0.5, 0.6) is 0 Å². The number of benzene rings is 2. The first-order valence-electron chi connectivity index (χ1n) is 8.61. The molecule has 1 atom stereocenters. The highest BCUT2D eigenvalue weighted by Crippen LogP contribution is 2.18. The molecule has 0 aliphatic carbocycles. The number of carbonyl (C=O) groups is 1. The van der Waals surface area contributed by atoms with Crippen LogP contribution in [0.15, 0.2) is 53.5 Å². The zero-order valence-corrected chi connectivity index (χ0v) is 15.8. The fourth-order valence-corrected chi connectivity index (χ4v) is 3.17. The van der Waals surface area contributed by atoms with Crippen LogP contribution >= 0.6 is 11.6 Å². The van der Waals surface area contributed by atoms with Crippen molar-refractivity contribution in [3.8, 4) is 0 Å². The predicted molar refractivity (Wildman–Crippen MR) is 106 cm³/mol. The lowest BCUT2D eigenvalue weighted by molar-refractivity contribution is 0.0938. The van der Waals surface area contributed by atoms with E-state index in [-0.39, 0.29) is 22.9 Å². The second kappa shape index (κ2) is 7.34. The Morgan fingerprint density at radius 2 is 1.88 bits per heavy atom. The minimum atomic E-state index is -0.372. The smallest absolute Gasteiger partial charge is 0.257 e. The highest BCUT2D eigenvalue weighted by molar-refractivity contribution is 6.30. The molecule has 0 aliphatic rings. The molecule has 0 saturated heterocycles. The topological polar surface area (TPSA) is 51.1 Å². The molecule has 1 heterocycles. The first-order chi connectivity index (χ1) is 12.4. The molecule has 0 aliphatic heterocycles. The molecule has 0 saturated carbocycles. The number of aryl methyl sites for hydroxylation is 2. The molecule has 134 valence electrons. The van der Waals surface area contributed by atoms with Gasteiger partial charge in [-0.1, -0.05) is 35.4 Å². The molecule has 5 heteroatoms. The number of aromatic nitrogens is 1. The number of hydrogen-bond acceptors (Lipinski definition) is 2. The summed E-state index contributed by atoms with van der Waals surface area (Å²) in [4.78, 5) is 25.6. The van der Waals surface area contributed by atoms with Crippen molar-refractivity contribution in [2.45, 2.75) is 33.4 Å². The molecule has 3 aromatic rings. The molecule has 26 heavy (non-hydrogen) atoms. The maximum Gasteiger partial charge on any atom is 0.257 e. The maximum absolute atomic E-state index is 12.9. The van der Waals surface area contributed by atoms with E-state index in [1.165, 1.54) is 0 Å². The van der Waals surface area contributed by atoms with Gasteiger partial charge in [-0.25, -0.2) is 0 Å². The van der Waals surface area contributed by atoms with E-state index < -0.39 is 0 Å². The number of nitrogens with one attached hydrogen (secondary N) is 1. The Kier molecular flexibility index (Phi) is 5.14. The van der Waals surface area contributed by atoms with Crippen LogP contribution in [0.25, 0.3) is 10.9 Å². The Bertz CT molecular complexity index is 1020. The number of rotatable bonds is 4. The minimum absolute atomic E-state index is 0.158. The van der Waals surface area contributed by atoms with Gasteiger partial charge in [-0.3, -0.25) is 9.59 Å². The van der Waals surface area contributed by atoms with E-state index in [1.54, 1.807) is 18.3 Å². The van der Waals surface area contributed by atoms with E-state index in [1.807, 2.05) is 55.7 Å². The number of hydrogen-bond donors (Lipinski definition) is 1. The van der Waals surface area contributed by atoms with Crippen molar-refractivity contribution >= 4 is 28.4 Å². The number of carbonyl (C=O) groups excluding carboxylic acids is 1. The first kappa shape index (κ1) is 18.2. The first-order valence-corrected chi connectivity index (χ1v) is 8.98. The van der Waals surface area contributed by atoms with Crippen LogP contribution < -0.4 is 10.7 Å². The van der Waals surface area contributed by atoms with Gasteiger partial charge in [0.25, 0.3) is 5.91 Å². The summed E-state index contributed by atoms with van der Waals surface area (Å²) in [6.45, 7) is 6.48. The molecule has 3 rings (SSSR count). The SMILES string of the molecule is CCn1cc(C(=O)N[C@H](C)c2ccc(Cl)cc2)c(=O)c2cc(C)ccc21. The lowest BCUT2D eigenvalue weighted by Gasteiger charge is -2.16. The fraction of sp³-hybridized carbons (Fsp3) is 0.238. The van der Waals surface area contributed by atoms with E-state index >= 15 is 0 Å². The predicted octanol–water partition coefficient (Wildman–Crippen LogP) is 4.47. The van der Waals surface area contributed by atoms with Crippen LogP contribution in [-0.2, 0) is 6.54 Å². The van der Waals surface area contributed by atoms with Crippen LogP contribution in [0, 0.1) is 6.92 Å². The van der Waals surface area contributed by atoms with Crippen molar-refractivity contribution in [2.75, 3.05) is 0 Å². The molecule has 4 nitrogen and oxygen atoms in total. The molecule has 0 spiro atoms. The van der Waals surface area contributed by atoms with Crippen molar-refractivity contribution < 1.29 is 4.79 Å². The second-order valence-electron chi connectivity index (χ2n) is 6.43. The van der Waals surface area contributed by atoms with Gasteiger partial charge in [-0.15, -0.1) is 0 Å². The minimum Gasteiger partial charge on any atom is -0.347 e. The lowest BCUT2D eigenvalue weighted by Crippen LogP contribution is -2.31. The van der Waals surface area contributed by atoms with E-state index in [0.717, 1.165) is 16.6 Å². The highest BCUT2D eigenvalue weighted by atomic mass is 35.5. The van der Waals surface area contributed by atoms with Gasteiger partial charge in [0, 0.05) is 23.2 Å². The van der Waals surface area contributed by atoms with E-state index in [0.29, 0.717) is 17.0 Å². The number of amides is 1. The average molecular weight is 369 g/mol. The summed E-state index contributed by atoms with van der Waals surface area (Å²) < 4.78 is 1.93. The van der Waals surface area contributed by atoms with Crippen molar-refractivity contribution in [1.82, 2.24) is 9.88 Å². The molecule has 0 bridgehead atoms. The highest BCUT2D eigenvalue weighted by Gasteiger charge is 2.17. The van der Waals surface area contributed by atoms with Gasteiger partial charge < -0.3 is 9.88 Å². The maximum atomic E-state index is 12.9. The third kappa shape index (κ3) is 3.51. The third-order valence-electron chi connectivity index (χ3n) is 4.54. The fourth-order valence-electron chi connectivity index (χ4n) is 3.04. The molecule has 0 fully saturated rings. The Morgan fingerprint density at radius 3 is 2.54 bits per heavy atom. The molecular weight excluding hydrogens is 348 g/mol. The van der Waals surface area contributed by atoms with Gasteiger partial charge in [0.2, 0.25) is 5.43 Å². The second-order valence-corrected chi connectivity index (χ2v) is 6.86. The molecule has 1 N–H and O–H groups in total. The Balaban J connectivity index is 1.98. The summed E-state index contributed by atoms with van der Waals surface area (Å²) in [5, 5.41) is 4.12. The lowest BCUT2D eigenvalue weighted by atomic mass is 10.1. The summed E-state index contributed by atoms with van der Waals surface area (Å²) >= 11 is 5.91. The number of nitrogens with zero attached hydrogens (tertiary/aromatic N) is 1. The van der Waals surface area contributed by atoms with E-state index in [4.69, 9.17) is 11.6 Å². The van der Waals surface area contributed by atoms with Gasteiger partial charge in [0.1, 0.15) is 5.56 Å². The Morgan fingerprint density at radius 1 is 1.19 bits per heavy atom. The monoisotopic (exact) mass is 368 g/mol.